The van der Waals surface area contributed by atoms with E-state index in [2.05, 4.69) is 0 Å². The van der Waals surface area contributed by atoms with E-state index >= 15 is 0 Å². The third-order valence-corrected chi connectivity index (χ3v) is 4.41. The minimum absolute atomic E-state index is 0.0817. The Morgan fingerprint density at radius 2 is 1.26 bits per heavy atom. The molecule has 0 spiro atoms. The lowest BCUT2D eigenvalue weighted by molar-refractivity contribution is -0.384. The molecule has 0 heterocycles. The van der Waals surface area contributed by atoms with Crippen LogP contribution in [0.1, 0.15) is 17.0 Å². The van der Waals surface area contributed by atoms with E-state index in [1.54, 1.807) is 48.5 Å². The number of carbonyl (C=O) groups is 1. The molecule has 0 atom stereocenters. The van der Waals surface area contributed by atoms with Crippen molar-refractivity contribution in [2.24, 2.45) is 0 Å². The summed E-state index contributed by atoms with van der Waals surface area (Å²) >= 11 is 11.9. The van der Waals surface area contributed by atoms with E-state index in [9.17, 15) is 14.9 Å². The Kier molecular flexibility index (Phi) is 5.74. The van der Waals surface area contributed by atoms with Gasteiger partial charge in [0.05, 0.1) is 4.92 Å². The van der Waals surface area contributed by atoms with Crippen molar-refractivity contribution in [3.63, 3.8) is 0 Å². The molecule has 0 aliphatic carbocycles. The van der Waals surface area contributed by atoms with Crippen LogP contribution in [0.5, 0.6) is 5.75 Å². The van der Waals surface area contributed by atoms with E-state index < -0.39 is 16.8 Å². The number of nitro groups is 1. The van der Waals surface area contributed by atoms with Crippen LogP contribution in [0.2, 0.25) is 10.0 Å². The Bertz CT molecular complexity index is 909. The van der Waals surface area contributed by atoms with Gasteiger partial charge in [-0.2, -0.15) is 0 Å². The second kappa shape index (κ2) is 8.20. The topological polar surface area (TPSA) is 69.4 Å². The number of ether oxygens (including phenoxy) is 1. The van der Waals surface area contributed by atoms with Crippen molar-refractivity contribution in [2.45, 2.75) is 5.92 Å². The molecule has 3 aromatic rings. The zero-order chi connectivity index (χ0) is 19.4. The van der Waals surface area contributed by atoms with Crippen LogP contribution in [0, 0.1) is 10.1 Å². The highest BCUT2D eigenvalue weighted by Gasteiger charge is 2.25. The first kappa shape index (κ1) is 18.9. The van der Waals surface area contributed by atoms with Gasteiger partial charge >= 0.3 is 5.97 Å². The fraction of sp³-hybridized carbons (Fsp3) is 0.0500. The van der Waals surface area contributed by atoms with Crippen molar-refractivity contribution >= 4 is 34.9 Å². The fourth-order valence-corrected chi connectivity index (χ4v) is 2.84. The van der Waals surface area contributed by atoms with E-state index in [-0.39, 0.29) is 11.4 Å². The van der Waals surface area contributed by atoms with Gasteiger partial charge in [0.1, 0.15) is 11.7 Å². The molecule has 0 radical (unpaired) electrons. The summed E-state index contributed by atoms with van der Waals surface area (Å²) in [7, 11) is 0. The zero-order valence-corrected chi connectivity index (χ0v) is 15.4. The van der Waals surface area contributed by atoms with Crippen molar-refractivity contribution < 1.29 is 14.5 Å². The molecule has 5 nitrogen and oxygen atoms in total. The molecule has 0 saturated carbocycles. The van der Waals surface area contributed by atoms with E-state index in [0.29, 0.717) is 21.2 Å². The van der Waals surface area contributed by atoms with E-state index in [0.717, 1.165) is 0 Å². The summed E-state index contributed by atoms with van der Waals surface area (Å²) in [5.41, 5.74) is 1.32. The smallest absolute Gasteiger partial charge is 0.323 e. The molecule has 136 valence electrons. The molecule has 0 bridgehead atoms. The maximum Gasteiger partial charge on any atom is 0.323 e. The van der Waals surface area contributed by atoms with E-state index in [1.165, 1.54) is 24.3 Å². The van der Waals surface area contributed by atoms with Crippen LogP contribution in [-0.4, -0.2) is 10.9 Å². The van der Waals surface area contributed by atoms with Crippen LogP contribution in [0.3, 0.4) is 0 Å². The Hall–Kier alpha value is -2.89. The SMILES string of the molecule is O=C(Oc1ccc([N+](=O)[O-])cc1)C(c1ccc(Cl)cc1)c1ccc(Cl)cc1. The molecule has 27 heavy (non-hydrogen) atoms. The van der Waals surface area contributed by atoms with Crippen LogP contribution in [-0.2, 0) is 4.79 Å². The number of hydrogen-bond acceptors (Lipinski definition) is 4. The first-order valence-corrected chi connectivity index (χ1v) is 8.67. The van der Waals surface area contributed by atoms with E-state index in [4.69, 9.17) is 27.9 Å². The standard InChI is InChI=1S/C20H13Cl2NO4/c21-15-5-1-13(2-6-15)19(14-3-7-16(22)8-4-14)20(24)27-18-11-9-17(10-12-18)23(25)26/h1-12,19H. The molecule has 0 saturated heterocycles. The minimum Gasteiger partial charge on any atom is -0.426 e. The number of esters is 1. The molecule has 0 aliphatic heterocycles. The maximum atomic E-state index is 12.9. The van der Waals surface area contributed by atoms with Gasteiger partial charge in [-0.1, -0.05) is 47.5 Å². The van der Waals surface area contributed by atoms with Gasteiger partial charge < -0.3 is 4.74 Å². The number of carbonyl (C=O) groups excluding carboxylic acids is 1. The molecule has 0 unspecified atom stereocenters. The van der Waals surface area contributed by atoms with Crippen molar-refractivity contribution in [3.05, 3.63) is 104 Å². The van der Waals surface area contributed by atoms with Gasteiger partial charge in [-0.05, 0) is 47.5 Å². The zero-order valence-electron chi connectivity index (χ0n) is 13.8. The second-order valence-electron chi connectivity index (χ2n) is 5.71. The largest absolute Gasteiger partial charge is 0.426 e. The monoisotopic (exact) mass is 401 g/mol. The van der Waals surface area contributed by atoms with Gasteiger partial charge in [0.2, 0.25) is 0 Å². The third-order valence-electron chi connectivity index (χ3n) is 3.91. The number of rotatable bonds is 5. The minimum atomic E-state index is -0.699. The van der Waals surface area contributed by atoms with Gasteiger partial charge in [0, 0.05) is 22.2 Å². The van der Waals surface area contributed by atoms with Crippen molar-refractivity contribution in [3.8, 4) is 5.75 Å². The molecule has 0 aliphatic rings. The summed E-state index contributed by atoms with van der Waals surface area (Å²) < 4.78 is 5.45. The molecule has 0 N–H and O–H groups in total. The Morgan fingerprint density at radius 1 is 0.815 bits per heavy atom. The van der Waals surface area contributed by atoms with Crippen LogP contribution < -0.4 is 4.74 Å². The van der Waals surface area contributed by atoms with Gasteiger partial charge in [0.15, 0.2) is 0 Å². The first-order valence-electron chi connectivity index (χ1n) is 7.91. The van der Waals surface area contributed by atoms with Gasteiger partial charge in [-0.15, -0.1) is 0 Å². The highest BCUT2D eigenvalue weighted by molar-refractivity contribution is 6.30. The number of nitrogens with zero attached hydrogens (tertiary/aromatic N) is 1. The predicted molar refractivity (Wildman–Crippen MR) is 103 cm³/mol. The summed E-state index contributed by atoms with van der Waals surface area (Å²) in [5, 5.41) is 11.9. The predicted octanol–water partition coefficient (Wildman–Crippen LogP) is 5.64. The molecular weight excluding hydrogens is 389 g/mol. The average molecular weight is 402 g/mol. The lowest BCUT2D eigenvalue weighted by Gasteiger charge is -2.17. The van der Waals surface area contributed by atoms with E-state index in [1.807, 2.05) is 0 Å². The summed E-state index contributed by atoms with van der Waals surface area (Å²) in [6.45, 7) is 0. The Morgan fingerprint density at radius 3 is 1.67 bits per heavy atom. The molecule has 3 aromatic carbocycles. The molecule has 0 fully saturated rings. The van der Waals surface area contributed by atoms with Crippen LogP contribution >= 0.6 is 23.2 Å². The summed E-state index contributed by atoms with van der Waals surface area (Å²) in [6, 6.07) is 19.1. The number of nitro benzene ring substituents is 1. The average Bonchev–Trinajstić information content (AvgIpc) is 2.65. The number of halogens is 2. The molecule has 0 amide bonds. The first-order chi connectivity index (χ1) is 12.9. The number of non-ortho nitro benzene ring substituents is 1. The van der Waals surface area contributed by atoms with Crippen LogP contribution in [0.4, 0.5) is 5.69 Å². The highest BCUT2D eigenvalue weighted by Crippen LogP contribution is 2.29. The van der Waals surface area contributed by atoms with Crippen LogP contribution in [0.25, 0.3) is 0 Å². The van der Waals surface area contributed by atoms with Gasteiger partial charge in [-0.3, -0.25) is 14.9 Å². The Labute approximate surface area is 165 Å². The number of hydrogen-bond donors (Lipinski definition) is 0. The normalized spacial score (nSPS) is 10.6. The number of benzene rings is 3. The molecule has 7 heteroatoms. The third kappa shape index (κ3) is 4.64. The van der Waals surface area contributed by atoms with Crippen molar-refractivity contribution in [1.82, 2.24) is 0 Å². The maximum absolute atomic E-state index is 12.9. The van der Waals surface area contributed by atoms with Crippen molar-refractivity contribution in [2.75, 3.05) is 0 Å². The summed E-state index contributed by atoms with van der Waals surface area (Å²) in [6.07, 6.45) is 0. The van der Waals surface area contributed by atoms with Crippen LogP contribution in [0.15, 0.2) is 72.8 Å². The van der Waals surface area contributed by atoms with Crippen molar-refractivity contribution in [1.29, 1.82) is 0 Å². The summed E-state index contributed by atoms with van der Waals surface area (Å²) in [5.74, 6) is -0.998. The molecule has 0 aromatic heterocycles. The fourth-order valence-electron chi connectivity index (χ4n) is 2.59. The molecular formula is C20H13Cl2NO4. The summed E-state index contributed by atoms with van der Waals surface area (Å²) in [4.78, 5) is 23.1. The lowest BCUT2D eigenvalue weighted by Crippen LogP contribution is -2.20. The van der Waals surface area contributed by atoms with Gasteiger partial charge in [0.25, 0.3) is 5.69 Å². The lowest BCUT2D eigenvalue weighted by atomic mass is 9.91. The highest BCUT2D eigenvalue weighted by atomic mass is 35.5. The second-order valence-corrected chi connectivity index (χ2v) is 6.58. The van der Waals surface area contributed by atoms with Gasteiger partial charge in [-0.25, -0.2) is 0 Å². The molecule has 3 rings (SSSR count). The quantitative estimate of drug-likeness (QED) is 0.240. The Balaban J connectivity index is 1.91.